The molecule has 0 saturated carbocycles. The molecule has 1 heteroatoms. The first kappa shape index (κ1) is 15.9. The maximum absolute atomic E-state index is 4.45. The summed E-state index contributed by atoms with van der Waals surface area (Å²) in [7, 11) is 0. The van der Waals surface area contributed by atoms with Gasteiger partial charge in [-0.05, 0) is 18.9 Å². The zero-order valence-electron chi connectivity index (χ0n) is 11.5. The van der Waals surface area contributed by atoms with Crippen LogP contribution in [0.4, 0.5) is 0 Å². The molecule has 0 aromatic carbocycles. The summed E-state index contributed by atoms with van der Waals surface area (Å²) < 4.78 is 0. The van der Waals surface area contributed by atoms with Gasteiger partial charge in [0, 0.05) is 17.8 Å². The molecule has 0 radical (unpaired) electrons. The van der Waals surface area contributed by atoms with E-state index in [4.69, 9.17) is 0 Å². The van der Waals surface area contributed by atoms with Gasteiger partial charge in [-0.25, -0.2) is 0 Å². The van der Waals surface area contributed by atoms with E-state index < -0.39 is 0 Å². The van der Waals surface area contributed by atoms with Crippen LogP contribution in [0.15, 0.2) is 42.1 Å². The lowest BCUT2D eigenvalue weighted by atomic mass is 9.94. The van der Waals surface area contributed by atoms with Crippen LogP contribution in [0.1, 0.15) is 52.4 Å². The molecule has 0 aliphatic carbocycles. The van der Waals surface area contributed by atoms with Crippen LogP contribution < -0.4 is 0 Å². The summed E-state index contributed by atoms with van der Waals surface area (Å²) in [6.45, 7) is 11.9. The van der Waals surface area contributed by atoms with E-state index in [-0.39, 0.29) is 0 Å². The first-order chi connectivity index (χ1) is 8.29. The predicted molar refractivity (Wildman–Crippen MR) is 79.5 cm³/mol. The van der Waals surface area contributed by atoms with E-state index in [9.17, 15) is 0 Å². The van der Waals surface area contributed by atoms with E-state index in [1.807, 2.05) is 12.2 Å². The summed E-state index contributed by atoms with van der Waals surface area (Å²) in [5, 5.41) is 0. The lowest BCUT2D eigenvalue weighted by Crippen LogP contribution is -2.02. The third-order valence-electron chi connectivity index (χ3n) is 2.93. The van der Waals surface area contributed by atoms with E-state index in [0.717, 1.165) is 12.1 Å². The van der Waals surface area contributed by atoms with Crippen LogP contribution in [0.3, 0.4) is 0 Å². The van der Waals surface area contributed by atoms with Crippen LogP contribution in [0.25, 0.3) is 0 Å². The van der Waals surface area contributed by atoms with Gasteiger partial charge in [-0.15, -0.1) is 0 Å². The molecule has 0 saturated heterocycles. The molecule has 0 aliphatic rings. The molecule has 0 bridgehead atoms. The molecule has 0 fully saturated rings. The van der Waals surface area contributed by atoms with Crippen LogP contribution in [0.5, 0.6) is 0 Å². The van der Waals surface area contributed by atoms with Crippen molar-refractivity contribution in [3.8, 4) is 0 Å². The van der Waals surface area contributed by atoms with Crippen molar-refractivity contribution in [3.05, 3.63) is 37.1 Å². The van der Waals surface area contributed by atoms with Gasteiger partial charge in [-0.1, -0.05) is 64.8 Å². The number of nitrogens with zero attached hydrogens (tertiary/aromatic N) is 1. The fraction of sp³-hybridized carbons (Fsp3) is 0.562. The Kier molecular flexibility index (Phi) is 10.6. The molecule has 0 aromatic rings. The van der Waals surface area contributed by atoms with Crippen molar-refractivity contribution in [1.82, 2.24) is 0 Å². The first-order valence-corrected chi connectivity index (χ1v) is 6.77. The lowest BCUT2D eigenvalue weighted by molar-refractivity contribution is 0.494. The summed E-state index contributed by atoms with van der Waals surface area (Å²) in [6, 6.07) is 0. The number of hydrogen-bond donors (Lipinski definition) is 0. The summed E-state index contributed by atoms with van der Waals surface area (Å²) in [5.41, 5.74) is 1.14. The molecule has 17 heavy (non-hydrogen) atoms. The Bertz CT molecular complexity index is 261. The Morgan fingerprint density at radius 1 is 1.12 bits per heavy atom. The zero-order valence-corrected chi connectivity index (χ0v) is 11.5. The second-order valence-corrected chi connectivity index (χ2v) is 4.30. The smallest absolute Gasteiger partial charge is 0.0434 e. The third-order valence-corrected chi connectivity index (χ3v) is 2.93. The summed E-state index contributed by atoms with van der Waals surface area (Å²) >= 11 is 0. The van der Waals surface area contributed by atoms with Crippen molar-refractivity contribution >= 4 is 6.21 Å². The van der Waals surface area contributed by atoms with Gasteiger partial charge >= 0.3 is 0 Å². The highest BCUT2D eigenvalue weighted by Crippen LogP contribution is 2.23. The Morgan fingerprint density at radius 2 is 1.88 bits per heavy atom. The average molecular weight is 233 g/mol. The van der Waals surface area contributed by atoms with Crippen molar-refractivity contribution in [3.63, 3.8) is 0 Å². The monoisotopic (exact) mass is 233 g/mol. The van der Waals surface area contributed by atoms with Gasteiger partial charge in [0.15, 0.2) is 0 Å². The predicted octanol–water partition coefficient (Wildman–Crippen LogP) is 5.31. The topological polar surface area (TPSA) is 12.4 Å². The number of aliphatic imine (C=N–C) groups is 1. The maximum atomic E-state index is 4.45. The fourth-order valence-corrected chi connectivity index (χ4v) is 1.92. The van der Waals surface area contributed by atoms with E-state index in [2.05, 4.69) is 32.0 Å². The van der Waals surface area contributed by atoms with Crippen molar-refractivity contribution in [1.29, 1.82) is 0 Å². The normalized spacial score (nSPS) is 13.9. The minimum Gasteiger partial charge on any atom is -0.261 e. The molecular weight excluding hydrogens is 206 g/mol. The average Bonchev–Trinajstić information content (AvgIpc) is 2.35. The van der Waals surface area contributed by atoms with Gasteiger partial charge in [-0.3, -0.25) is 4.99 Å². The van der Waals surface area contributed by atoms with Crippen molar-refractivity contribution in [2.75, 3.05) is 0 Å². The number of allylic oxidation sites excluding steroid dienone is 4. The molecule has 0 N–H and O–H groups in total. The Hall–Kier alpha value is -1.11. The van der Waals surface area contributed by atoms with Crippen LogP contribution in [-0.4, -0.2) is 6.21 Å². The minimum atomic E-state index is 0.557. The van der Waals surface area contributed by atoms with Crippen LogP contribution in [-0.2, 0) is 0 Å². The van der Waals surface area contributed by atoms with E-state index in [0.29, 0.717) is 5.92 Å². The quantitative estimate of drug-likeness (QED) is 0.275. The van der Waals surface area contributed by atoms with Crippen molar-refractivity contribution in [2.24, 2.45) is 10.9 Å². The molecule has 1 unspecified atom stereocenters. The van der Waals surface area contributed by atoms with Gasteiger partial charge in [-0.2, -0.15) is 0 Å². The Balaban J connectivity index is 4.35. The number of hydrogen-bond acceptors (Lipinski definition) is 1. The van der Waals surface area contributed by atoms with Crippen LogP contribution in [0, 0.1) is 5.92 Å². The summed E-state index contributed by atoms with van der Waals surface area (Å²) in [5.74, 6) is 0.557. The molecule has 0 aromatic heterocycles. The van der Waals surface area contributed by atoms with E-state index >= 15 is 0 Å². The molecule has 0 amide bonds. The molecule has 0 spiro atoms. The molecule has 0 heterocycles. The highest BCUT2D eigenvalue weighted by atomic mass is 14.7. The van der Waals surface area contributed by atoms with E-state index in [1.165, 1.54) is 32.1 Å². The zero-order chi connectivity index (χ0) is 12.9. The SMILES string of the molecule is C=C/C=N\C(=C/C=C)C(CC)CCCCCC. The molecule has 96 valence electrons. The van der Waals surface area contributed by atoms with Crippen molar-refractivity contribution in [2.45, 2.75) is 52.4 Å². The third kappa shape index (κ3) is 7.73. The molecular formula is C16H27N. The minimum absolute atomic E-state index is 0.557. The largest absolute Gasteiger partial charge is 0.261 e. The van der Waals surface area contributed by atoms with Gasteiger partial charge in [0.05, 0.1) is 0 Å². The van der Waals surface area contributed by atoms with Gasteiger partial charge < -0.3 is 0 Å². The molecule has 0 rings (SSSR count). The fourth-order valence-electron chi connectivity index (χ4n) is 1.92. The van der Waals surface area contributed by atoms with Crippen molar-refractivity contribution < 1.29 is 0 Å². The highest BCUT2D eigenvalue weighted by Gasteiger charge is 2.10. The standard InChI is InChI=1S/C16H27N/c1-5-9-10-11-13-15(8-4)16(12-6-2)17-14-7-3/h6-7,12,14-15H,2-3,5,8-11,13H2,1,4H3/b16-12-,17-14-. The van der Waals surface area contributed by atoms with E-state index in [1.54, 1.807) is 12.3 Å². The highest BCUT2D eigenvalue weighted by molar-refractivity contribution is 5.71. The van der Waals surface area contributed by atoms with Crippen LogP contribution in [0.2, 0.25) is 0 Å². The second kappa shape index (κ2) is 11.4. The number of unbranched alkanes of at least 4 members (excludes halogenated alkanes) is 3. The molecule has 1 atom stereocenters. The number of rotatable bonds is 10. The molecule has 0 aliphatic heterocycles. The molecule has 1 nitrogen and oxygen atoms in total. The second-order valence-electron chi connectivity index (χ2n) is 4.30. The first-order valence-electron chi connectivity index (χ1n) is 6.77. The lowest BCUT2D eigenvalue weighted by Gasteiger charge is -2.15. The summed E-state index contributed by atoms with van der Waals surface area (Å²) in [6.07, 6.45) is 15.0. The Morgan fingerprint density at radius 3 is 2.41 bits per heavy atom. The Labute approximate surface area is 107 Å². The van der Waals surface area contributed by atoms with Gasteiger partial charge in [0.1, 0.15) is 0 Å². The van der Waals surface area contributed by atoms with Gasteiger partial charge in [0.2, 0.25) is 0 Å². The van der Waals surface area contributed by atoms with Crippen LogP contribution >= 0.6 is 0 Å². The summed E-state index contributed by atoms with van der Waals surface area (Å²) in [4.78, 5) is 4.45. The maximum Gasteiger partial charge on any atom is 0.0434 e. The van der Waals surface area contributed by atoms with Gasteiger partial charge in [0.25, 0.3) is 0 Å².